The summed E-state index contributed by atoms with van der Waals surface area (Å²) in [6.07, 6.45) is 3.44. The average molecular weight is 251 g/mol. The Morgan fingerprint density at radius 2 is 2.35 bits per heavy atom. The van der Waals surface area contributed by atoms with E-state index in [2.05, 4.69) is 4.90 Å². The van der Waals surface area contributed by atoms with Gasteiger partial charge >= 0.3 is 0 Å². The van der Waals surface area contributed by atoms with Gasteiger partial charge in [-0.2, -0.15) is 11.3 Å². The highest BCUT2D eigenvalue weighted by Crippen LogP contribution is 2.30. The normalized spacial score (nSPS) is 23.9. The molecule has 0 spiro atoms. The van der Waals surface area contributed by atoms with Gasteiger partial charge in [0.1, 0.15) is 0 Å². The molecule has 4 heteroatoms. The van der Waals surface area contributed by atoms with Gasteiger partial charge in [0.15, 0.2) is 0 Å². The minimum Gasteiger partial charge on any atom is -0.381 e. The second-order valence-corrected chi connectivity index (χ2v) is 5.71. The van der Waals surface area contributed by atoms with Crippen molar-refractivity contribution < 1.29 is 9.53 Å². The Balaban J connectivity index is 1.69. The molecule has 1 aromatic heterocycles. The molecule has 0 N–H and O–H groups in total. The lowest BCUT2D eigenvalue weighted by Gasteiger charge is -2.24. The summed E-state index contributed by atoms with van der Waals surface area (Å²) >= 11 is 1.59. The van der Waals surface area contributed by atoms with Crippen molar-refractivity contribution in [2.45, 2.75) is 25.3 Å². The van der Waals surface area contributed by atoms with E-state index < -0.39 is 0 Å². The van der Waals surface area contributed by atoms with E-state index >= 15 is 0 Å². The van der Waals surface area contributed by atoms with E-state index in [0.717, 1.165) is 31.7 Å². The van der Waals surface area contributed by atoms with E-state index in [-0.39, 0.29) is 5.91 Å². The molecule has 1 unspecified atom stereocenters. The third kappa shape index (κ3) is 2.53. The Labute approximate surface area is 105 Å². The molecule has 1 amide bonds. The van der Waals surface area contributed by atoms with Gasteiger partial charge in [0.2, 0.25) is 0 Å². The van der Waals surface area contributed by atoms with Crippen LogP contribution in [0.25, 0.3) is 0 Å². The zero-order valence-corrected chi connectivity index (χ0v) is 10.6. The Morgan fingerprint density at radius 3 is 2.94 bits per heavy atom. The molecule has 3 rings (SSSR count). The van der Waals surface area contributed by atoms with Crippen LogP contribution in [0.3, 0.4) is 0 Å². The van der Waals surface area contributed by atoms with Crippen molar-refractivity contribution in [1.82, 2.24) is 4.90 Å². The molecule has 1 atom stereocenters. The number of rotatable bonds is 4. The van der Waals surface area contributed by atoms with Crippen molar-refractivity contribution in [3.05, 3.63) is 22.4 Å². The van der Waals surface area contributed by atoms with Crippen molar-refractivity contribution in [3.8, 4) is 0 Å². The van der Waals surface area contributed by atoms with E-state index in [4.69, 9.17) is 4.74 Å². The van der Waals surface area contributed by atoms with Crippen molar-refractivity contribution >= 4 is 17.2 Å². The minimum atomic E-state index is 0.209. The Bertz CT molecular complexity index is 380. The zero-order valence-electron chi connectivity index (χ0n) is 9.80. The zero-order chi connectivity index (χ0) is 11.7. The van der Waals surface area contributed by atoms with Gasteiger partial charge in [-0.15, -0.1) is 0 Å². The van der Waals surface area contributed by atoms with Crippen LogP contribution >= 0.6 is 11.3 Å². The van der Waals surface area contributed by atoms with E-state index in [0.29, 0.717) is 12.0 Å². The number of carbonyl (C=O) groups excluding carboxylic acids is 1. The number of thiophene rings is 1. The second-order valence-electron chi connectivity index (χ2n) is 4.93. The van der Waals surface area contributed by atoms with Crippen LogP contribution in [0.1, 0.15) is 29.6 Å². The fourth-order valence-corrected chi connectivity index (χ4v) is 2.97. The third-order valence-corrected chi connectivity index (χ3v) is 4.18. The molecule has 1 aromatic rings. The summed E-state index contributed by atoms with van der Waals surface area (Å²) in [6.45, 7) is 2.55. The molecule has 92 valence electrons. The summed E-state index contributed by atoms with van der Waals surface area (Å²) in [7, 11) is 0. The number of ether oxygens (including phenoxy) is 1. The maximum Gasteiger partial charge on any atom is 0.254 e. The molecule has 1 aliphatic heterocycles. The molecule has 0 aromatic carbocycles. The standard InChI is InChI=1S/C13H17NO2S/c15-13(11-4-6-17-9-11)14(12-1-2-12)7-10-3-5-16-8-10/h4,6,9-10,12H,1-3,5,7-8H2. The van der Waals surface area contributed by atoms with E-state index in [1.807, 2.05) is 16.8 Å². The quantitative estimate of drug-likeness (QED) is 0.822. The lowest BCUT2D eigenvalue weighted by Crippen LogP contribution is -2.37. The molecular weight excluding hydrogens is 234 g/mol. The highest BCUT2D eigenvalue weighted by atomic mass is 32.1. The van der Waals surface area contributed by atoms with Gasteiger partial charge in [0, 0.05) is 30.5 Å². The van der Waals surface area contributed by atoms with Gasteiger partial charge in [0.05, 0.1) is 12.2 Å². The monoisotopic (exact) mass is 251 g/mol. The first-order valence-corrected chi connectivity index (χ1v) is 7.20. The van der Waals surface area contributed by atoms with Crippen LogP contribution in [0.5, 0.6) is 0 Å². The fourth-order valence-electron chi connectivity index (χ4n) is 2.34. The van der Waals surface area contributed by atoms with E-state index in [1.165, 1.54) is 12.8 Å². The SMILES string of the molecule is O=C(c1ccsc1)N(CC1CCOC1)C1CC1. The predicted octanol–water partition coefficient (Wildman–Crippen LogP) is 2.39. The van der Waals surface area contributed by atoms with Gasteiger partial charge < -0.3 is 9.64 Å². The van der Waals surface area contributed by atoms with Crippen LogP contribution in [0.2, 0.25) is 0 Å². The first kappa shape index (κ1) is 11.2. The molecule has 0 bridgehead atoms. The van der Waals surface area contributed by atoms with Gasteiger partial charge in [-0.3, -0.25) is 4.79 Å². The molecule has 1 saturated heterocycles. The summed E-state index contributed by atoms with van der Waals surface area (Å²) in [5.41, 5.74) is 0.848. The van der Waals surface area contributed by atoms with Gasteiger partial charge in [-0.1, -0.05) is 0 Å². The summed E-state index contributed by atoms with van der Waals surface area (Å²) in [5.74, 6) is 0.749. The lowest BCUT2D eigenvalue weighted by molar-refractivity contribution is 0.0707. The summed E-state index contributed by atoms with van der Waals surface area (Å²) in [4.78, 5) is 14.4. The Hall–Kier alpha value is -0.870. The first-order valence-electron chi connectivity index (χ1n) is 6.25. The van der Waals surface area contributed by atoms with E-state index in [1.54, 1.807) is 11.3 Å². The maximum atomic E-state index is 12.4. The van der Waals surface area contributed by atoms with Crippen molar-refractivity contribution in [3.63, 3.8) is 0 Å². The predicted molar refractivity (Wildman–Crippen MR) is 67.3 cm³/mol. The first-order chi connectivity index (χ1) is 8.34. The highest BCUT2D eigenvalue weighted by molar-refractivity contribution is 7.08. The summed E-state index contributed by atoms with van der Waals surface area (Å²) in [5, 5.41) is 3.92. The van der Waals surface area contributed by atoms with Gasteiger partial charge in [-0.25, -0.2) is 0 Å². The van der Waals surface area contributed by atoms with Crippen LogP contribution in [0.4, 0.5) is 0 Å². The van der Waals surface area contributed by atoms with Crippen molar-refractivity contribution in [2.24, 2.45) is 5.92 Å². The van der Waals surface area contributed by atoms with Gasteiger partial charge in [0.25, 0.3) is 5.91 Å². The molecule has 1 aliphatic carbocycles. The van der Waals surface area contributed by atoms with Crippen LogP contribution in [0.15, 0.2) is 16.8 Å². The Morgan fingerprint density at radius 1 is 1.47 bits per heavy atom. The third-order valence-electron chi connectivity index (χ3n) is 3.50. The average Bonchev–Trinajstić information content (AvgIpc) is 2.86. The summed E-state index contributed by atoms with van der Waals surface area (Å²) in [6, 6.07) is 2.41. The van der Waals surface area contributed by atoms with Crippen LogP contribution < -0.4 is 0 Å². The number of amides is 1. The van der Waals surface area contributed by atoms with Crippen LogP contribution in [0, 0.1) is 5.92 Å². The smallest absolute Gasteiger partial charge is 0.254 e. The largest absolute Gasteiger partial charge is 0.381 e. The van der Waals surface area contributed by atoms with Crippen molar-refractivity contribution in [1.29, 1.82) is 0 Å². The molecule has 2 aliphatic rings. The molecule has 0 radical (unpaired) electrons. The number of hydrogen-bond acceptors (Lipinski definition) is 3. The molecule has 17 heavy (non-hydrogen) atoms. The molecule has 2 fully saturated rings. The molecule has 2 heterocycles. The fraction of sp³-hybridized carbons (Fsp3) is 0.615. The molecular formula is C13H17NO2S. The topological polar surface area (TPSA) is 29.5 Å². The Kier molecular flexibility index (Phi) is 3.16. The minimum absolute atomic E-state index is 0.209. The van der Waals surface area contributed by atoms with Crippen LogP contribution in [-0.4, -0.2) is 36.6 Å². The summed E-state index contributed by atoms with van der Waals surface area (Å²) < 4.78 is 5.39. The second kappa shape index (κ2) is 4.78. The molecule has 1 saturated carbocycles. The van der Waals surface area contributed by atoms with Crippen LogP contribution in [-0.2, 0) is 4.74 Å². The number of nitrogens with zero attached hydrogens (tertiary/aromatic N) is 1. The highest BCUT2D eigenvalue weighted by Gasteiger charge is 2.35. The van der Waals surface area contributed by atoms with Crippen molar-refractivity contribution in [2.75, 3.05) is 19.8 Å². The van der Waals surface area contributed by atoms with E-state index in [9.17, 15) is 4.79 Å². The van der Waals surface area contributed by atoms with Gasteiger partial charge in [-0.05, 0) is 30.7 Å². The maximum absolute atomic E-state index is 12.4. The number of hydrogen-bond donors (Lipinski definition) is 0. The number of carbonyl (C=O) groups is 1. The molecule has 3 nitrogen and oxygen atoms in total. The lowest BCUT2D eigenvalue weighted by atomic mass is 10.1.